The fraction of sp³-hybridized carbons (Fsp3) is 0.211. The predicted molar refractivity (Wildman–Crippen MR) is 102 cm³/mol. The maximum absolute atomic E-state index is 12.1. The van der Waals surface area contributed by atoms with E-state index in [4.69, 9.17) is 0 Å². The van der Waals surface area contributed by atoms with Gasteiger partial charge in [0.25, 0.3) is 0 Å². The average molecular weight is 352 g/mol. The van der Waals surface area contributed by atoms with Crippen LogP contribution in [0.5, 0.6) is 0 Å². The minimum Gasteiger partial charge on any atom is -0.325 e. The van der Waals surface area contributed by atoms with E-state index in [-0.39, 0.29) is 11.7 Å². The number of aromatic nitrogens is 3. The molecule has 0 saturated carbocycles. The Morgan fingerprint density at radius 2 is 1.96 bits per heavy atom. The van der Waals surface area contributed by atoms with Gasteiger partial charge in [-0.15, -0.1) is 10.2 Å². The number of aryl methyl sites for hydroxylation is 2. The second kappa shape index (κ2) is 7.98. The standard InChI is InChI=1S/C19H20N4OS/c1-3-14-7-9-15(10-8-14)18-21-19(23-22-18)25-12-17(24)20-16-6-4-5-13(2)11-16/h4-11H,3,12H2,1-2H3,(H,20,24)(H,21,22,23). The molecule has 0 fully saturated rings. The molecule has 0 saturated heterocycles. The molecule has 0 aliphatic rings. The molecule has 3 rings (SSSR count). The number of nitrogens with one attached hydrogen (secondary N) is 2. The summed E-state index contributed by atoms with van der Waals surface area (Å²) in [5.74, 6) is 0.919. The second-order valence-corrected chi connectivity index (χ2v) is 6.70. The molecule has 0 unspecified atom stereocenters. The van der Waals surface area contributed by atoms with Crippen LogP contribution < -0.4 is 5.32 Å². The van der Waals surface area contributed by atoms with E-state index in [0.29, 0.717) is 11.0 Å². The molecule has 0 radical (unpaired) electrons. The maximum atomic E-state index is 12.1. The summed E-state index contributed by atoms with van der Waals surface area (Å²) in [5.41, 5.74) is 4.19. The van der Waals surface area contributed by atoms with Crippen LogP contribution in [0.15, 0.2) is 53.7 Å². The molecule has 2 N–H and O–H groups in total. The van der Waals surface area contributed by atoms with Gasteiger partial charge in [-0.2, -0.15) is 0 Å². The van der Waals surface area contributed by atoms with Crippen LogP contribution in [-0.4, -0.2) is 26.8 Å². The Hall–Kier alpha value is -2.60. The minimum absolute atomic E-state index is 0.0687. The normalized spacial score (nSPS) is 10.6. The van der Waals surface area contributed by atoms with E-state index in [2.05, 4.69) is 39.6 Å². The lowest BCUT2D eigenvalue weighted by Crippen LogP contribution is -2.14. The Balaban J connectivity index is 1.56. The van der Waals surface area contributed by atoms with Crippen molar-refractivity contribution in [3.8, 4) is 11.4 Å². The second-order valence-electron chi connectivity index (χ2n) is 5.74. The quantitative estimate of drug-likeness (QED) is 0.656. The van der Waals surface area contributed by atoms with Gasteiger partial charge in [-0.3, -0.25) is 4.79 Å². The van der Waals surface area contributed by atoms with Gasteiger partial charge in [-0.25, -0.2) is 0 Å². The van der Waals surface area contributed by atoms with Crippen LogP contribution in [0.3, 0.4) is 0 Å². The molecule has 128 valence electrons. The number of H-pyrrole nitrogens is 1. The van der Waals surface area contributed by atoms with Gasteiger partial charge in [0, 0.05) is 11.3 Å². The van der Waals surface area contributed by atoms with Crippen molar-refractivity contribution in [1.29, 1.82) is 0 Å². The average Bonchev–Trinajstić information content (AvgIpc) is 3.09. The lowest BCUT2D eigenvalue weighted by Gasteiger charge is -2.04. The van der Waals surface area contributed by atoms with Gasteiger partial charge >= 0.3 is 0 Å². The molecule has 1 amide bonds. The molecular weight excluding hydrogens is 332 g/mol. The summed E-state index contributed by atoms with van der Waals surface area (Å²) in [6.07, 6.45) is 1.01. The summed E-state index contributed by atoms with van der Waals surface area (Å²) in [6.45, 7) is 4.12. The summed E-state index contributed by atoms with van der Waals surface area (Å²) < 4.78 is 0. The topological polar surface area (TPSA) is 70.7 Å². The zero-order chi connectivity index (χ0) is 17.6. The van der Waals surface area contributed by atoms with Crippen LogP contribution in [0.2, 0.25) is 0 Å². The maximum Gasteiger partial charge on any atom is 0.234 e. The zero-order valence-corrected chi connectivity index (χ0v) is 15.1. The molecule has 0 aliphatic carbocycles. The van der Waals surface area contributed by atoms with E-state index in [1.54, 1.807) is 0 Å². The molecule has 1 aromatic heterocycles. The van der Waals surface area contributed by atoms with Crippen molar-refractivity contribution in [3.05, 3.63) is 59.7 Å². The highest BCUT2D eigenvalue weighted by Gasteiger charge is 2.09. The first-order valence-electron chi connectivity index (χ1n) is 8.15. The molecule has 6 heteroatoms. The number of amides is 1. The molecule has 1 heterocycles. The van der Waals surface area contributed by atoms with Gasteiger partial charge < -0.3 is 10.3 Å². The van der Waals surface area contributed by atoms with Crippen LogP contribution in [0.1, 0.15) is 18.1 Å². The first kappa shape index (κ1) is 17.2. The van der Waals surface area contributed by atoms with E-state index in [0.717, 1.165) is 23.2 Å². The van der Waals surface area contributed by atoms with Crippen LogP contribution in [-0.2, 0) is 11.2 Å². The van der Waals surface area contributed by atoms with Crippen LogP contribution in [0.25, 0.3) is 11.4 Å². The van der Waals surface area contributed by atoms with Crippen molar-refractivity contribution in [1.82, 2.24) is 15.2 Å². The van der Waals surface area contributed by atoms with Gasteiger partial charge in [-0.1, -0.05) is 55.1 Å². The van der Waals surface area contributed by atoms with E-state index in [9.17, 15) is 4.79 Å². The van der Waals surface area contributed by atoms with E-state index in [1.165, 1.54) is 17.3 Å². The van der Waals surface area contributed by atoms with E-state index in [1.807, 2.05) is 43.3 Å². The molecule has 0 aliphatic heterocycles. The first-order valence-corrected chi connectivity index (χ1v) is 9.14. The zero-order valence-electron chi connectivity index (χ0n) is 14.2. The Bertz CT molecular complexity index is 858. The summed E-state index contributed by atoms with van der Waals surface area (Å²) in [7, 11) is 0. The molecule has 5 nitrogen and oxygen atoms in total. The fourth-order valence-corrected chi connectivity index (χ4v) is 3.00. The van der Waals surface area contributed by atoms with Crippen LogP contribution in [0.4, 0.5) is 5.69 Å². The number of anilines is 1. The number of nitrogens with zero attached hydrogens (tertiary/aromatic N) is 2. The van der Waals surface area contributed by atoms with E-state index < -0.39 is 0 Å². The summed E-state index contributed by atoms with van der Waals surface area (Å²) in [6, 6.07) is 16.0. The van der Waals surface area contributed by atoms with Gasteiger partial charge in [0.2, 0.25) is 5.91 Å². The van der Waals surface area contributed by atoms with Crippen LogP contribution in [0, 0.1) is 6.92 Å². The third-order valence-electron chi connectivity index (χ3n) is 3.74. The predicted octanol–water partition coefficient (Wildman–Crippen LogP) is 4.07. The highest BCUT2D eigenvalue weighted by atomic mass is 32.2. The lowest BCUT2D eigenvalue weighted by molar-refractivity contribution is -0.113. The summed E-state index contributed by atoms with van der Waals surface area (Å²) in [5, 5.41) is 11.8. The number of aromatic amines is 1. The monoisotopic (exact) mass is 352 g/mol. The number of rotatable bonds is 6. The smallest absolute Gasteiger partial charge is 0.234 e. The van der Waals surface area contributed by atoms with Crippen molar-refractivity contribution in [3.63, 3.8) is 0 Å². The van der Waals surface area contributed by atoms with Crippen molar-refractivity contribution in [2.75, 3.05) is 11.1 Å². The molecule has 2 aromatic carbocycles. The number of thioether (sulfide) groups is 1. The van der Waals surface area contributed by atoms with E-state index >= 15 is 0 Å². The van der Waals surface area contributed by atoms with Crippen molar-refractivity contribution < 1.29 is 4.79 Å². The Morgan fingerprint density at radius 3 is 2.68 bits per heavy atom. The van der Waals surface area contributed by atoms with Gasteiger partial charge in [0.15, 0.2) is 11.0 Å². The highest BCUT2D eigenvalue weighted by molar-refractivity contribution is 7.99. The number of benzene rings is 2. The Morgan fingerprint density at radius 1 is 1.16 bits per heavy atom. The molecule has 0 spiro atoms. The largest absolute Gasteiger partial charge is 0.325 e. The van der Waals surface area contributed by atoms with Gasteiger partial charge in [-0.05, 0) is 36.6 Å². The lowest BCUT2D eigenvalue weighted by atomic mass is 10.1. The minimum atomic E-state index is -0.0687. The Kier molecular flexibility index (Phi) is 5.50. The number of hydrogen-bond donors (Lipinski definition) is 2. The highest BCUT2D eigenvalue weighted by Crippen LogP contribution is 2.20. The third kappa shape index (κ3) is 4.70. The number of carbonyl (C=O) groups is 1. The summed E-state index contributed by atoms with van der Waals surface area (Å²) in [4.78, 5) is 15.2. The molecule has 3 aromatic rings. The molecular formula is C19H20N4OS. The first-order chi connectivity index (χ1) is 12.1. The Labute approximate surface area is 151 Å². The van der Waals surface area contributed by atoms with Crippen molar-refractivity contribution in [2.45, 2.75) is 25.4 Å². The number of carbonyl (C=O) groups excluding carboxylic acids is 1. The summed E-state index contributed by atoms with van der Waals surface area (Å²) >= 11 is 1.33. The molecule has 0 bridgehead atoms. The fourth-order valence-electron chi connectivity index (χ4n) is 2.39. The third-order valence-corrected chi connectivity index (χ3v) is 4.61. The number of hydrogen-bond acceptors (Lipinski definition) is 4. The molecule has 0 atom stereocenters. The van der Waals surface area contributed by atoms with Crippen LogP contribution >= 0.6 is 11.8 Å². The van der Waals surface area contributed by atoms with Gasteiger partial charge in [0.1, 0.15) is 0 Å². The SMILES string of the molecule is CCc1ccc(-c2nnc(SCC(=O)Nc3cccc(C)c3)[nH]2)cc1. The van der Waals surface area contributed by atoms with Crippen molar-refractivity contribution >= 4 is 23.4 Å². The van der Waals surface area contributed by atoms with Gasteiger partial charge in [0.05, 0.1) is 5.75 Å². The van der Waals surface area contributed by atoms with Crippen molar-refractivity contribution in [2.24, 2.45) is 0 Å². The molecule has 25 heavy (non-hydrogen) atoms.